The first-order chi connectivity index (χ1) is 10.00. The lowest BCUT2D eigenvalue weighted by atomic mass is 10.0. The fourth-order valence-electron chi connectivity index (χ4n) is 3.16. The lowest BCUT2D eigenvalue weighted by molar-refractivity contribution is -0.118. The summed E-state index contributed by atoms with van der Waals surface area (Å²) < 4.78 is 12.9. The Balaban J connectivity index is 1.75. The Hall–Kier alpha value is -2.16. The van der Waals surface area contributed by atoms with Crippen LogP contribution in [0, 0.1) is 17.2 Å². The van der Waals surface area contributed by atoms with Crippen LogP contribution in [0.4, 0.5) is 10.1 Å². The zero-order chi connectivity index (χ0) is 15.0. The zero-order valence-electron chi connectivity index (χ0n) is 12.1. The van der Waals surface area contributed by atoms with E-state index in [0.717, 1.165) is 0 Å². The molecular weight excluding hydrogens is 265 g/mol. The van der Waals surface area contributed by atoms with Crippen LogP contribution in [0.15, 0.2) is 54.6 Å². The Kier molecular flexibility index (Phi) is 3.28. The molecule has 1 saturated carbocycles. The summed E-state index contributed by atoms with van der Waals surface area (Å²) >= 11 is 0. The van der Waals surface area contributed by atoms with Crippen LogP contribution in [0.25, 0.3) is 0 Å². The predicted molar refractivity (Wildman–Crippen MR) is 81.5 cm³/mol. The predicted octanol–water partition coefficient (Wildman–Crippen LogP) is 4.20. The summed E-state index contributed by atoms with van der Waals surface area (Å²) in [4.78, 5) is 12.5. The summed E-state index contributed by atoms with van der Waals surface area (Å²) in [5.41, 5.74) is 1.78. The quantitative estimate of drug-likeness (QED) is 0.898. The molecule has 21 heavy (non-hydrogen) atoms. The number of hydrogen-bond donors (Lipinski definition) is 1. The normalized spacial score (nSPS) is 22.6. The SMILES string of the molecule is CC1(C)C(C(=O)Nc2ccc(F)cc2)C1c1ccccc1. The minimum atomic E-state index is -0.304. The monoisotopic (exact) mass is 283 g/mol. The number of amides is 1. The van der Waals surface area contributed by atoms with E-state index in [0.29, 0.717) is 5.69 Å². The third-order valence-corrected chi connectivity index (χ3v) is 4.38. The van der Waals surface area contributed by atoms with Crippen LogP contribution in [0.2, 0.25) is 0 Å². The van der Waals surface area contributed by atoms with Crippen LogP contribution in [0.1, 0.15) is 25.3 Å². The van der Waals surface area contributed by atoms with E-state index in [2.05, 4.69) is 31.3 Å². The highest BCUT2D eigenvalue weighted by atomic mass is 19.1. The Morgan fingerprint density at radius 1 is 1.05 bits per heavy atom. The van der Waals surface area contributed by atoms with Crippen molar-refractivity contribution in [2.24, 2.45) is 11.3 Å². The van der Waals surface area contributed by atoms with Crippen molar-refractivity contribution in [1.82, 2.24) is 0 Å². The van der Waals surface area contributed by atoms with E-state index >= 15 is 0 Å². The summed E-state index contributed by atoms with van der Waals surface area (Å²) in [7, 11) is 0. The molecule has 0 aromatic heterocycles. The maximum absolute atomic E-state index is 12.9. The number of rotatable bonds is 3. The highest BCUT2D eigenvalue weighted by molar-refractivity contribution is 5.96. The van der Waals surface area contributed by atoms with E-state index in [1.54, 1.807) is 12.1 Å². The second-order valence-electron chi connectivity index (χ2n) is 6.18. The van der Waals surface area contributed by atoms with Crippen molar-refractivity contribution in [3.05, 3.63) is 66.0 Å². The molecule has 2 unspecified atom stereocenters. The van der Waals surface area contributed by atoms with E-state index in [1.165, 1.54) is 17.7 Å². The van der Waals surface area contributed by atoms with E-state index in [4.69, 9.17) is 0 Å². The molecule has 2 atom stereocenters. The van der Waals surface area contributed by atoms with Gasteiger partial charge in [0.1, 0.15) is 5.82 Å². The third kappa shape index (κ3) is 2.56. The number of hydrogen-bond acceptors (Lipinski definition) is 1. The Morgan fingerprint density at radius 3 is 2.29 bits per heavy atom. The molecule has 3 rings (SSSR count). The topological polar surface area (TPSA) is 29.1 Å². The van der Waals surface area contributed by atoms with Crippen LogP contribution < -0.4 is 5.32 Å². The number of carbonyl (C=O) groups is 1. The number of nitrogens with one attached hydrogen (secondary N) is 1. The van der Waals surface area contributed by atoms with Gasteiger partial charge < -0.3 is 5.32 Å². The fraction of sp³-hybridized carbons (Fsp3) is 0.278. The first-order valence-electron chi connectivity index (χ1n) is 7.11. The van der Waals surface area contributed by atoms with Gasteiger partial charge in [0.2, 0.25) is 5.91 Å². The van der Waals surface area contributed by atoms with Crippen molar-refractivity contribution < 1.29 is 9.18 Å². The van der Waals surface area contributed by atoms with Crippen molar-refractivity contribution in [1.29, 1.82) is 0 Å². The van der Waals surface area contributed by atoms with E-state index in [1.807, 2.05) is 18.2 Å². The van der Waals surface area contributed by atoms with Gasteiger partial charge in [-0.05, 0) is 35.2 Å². The van der Waals surface area contributed by atoms with Crippen LogP contribution >= 0.6 is 0 Å². The molecule has 108 valence electrons. The summed E-state index contributed by atoms with van der Waals surface area (Å²) in [6, 6.07) is 16.0. The smallest absolute Gasteiger partial charge is 0.228 e. The van der Waals surface area contributed by atoms with Gasteiger partial charge in [0.25, 0.3) is 0 Å². The van der Waals surface area contributed by atoms with Crippen LogP contribution in [-0.4, -0.2) is 5.91 Å². The molecular formula is C18H18FNO. The van der Waals surface area contributed by atoms with E-state index in [-0.39, 0.29) is 29.0 Å². The average molecular weight is 283 g/mol. The van der Waals surface area contributed by atoms with Gasteiger partial charge >= 0.3 is 0 Å². The van der Waals surface area contributed by atoms with Gasteiger partial charge in [-0.25, -0.2) is 4.39 Å². The maximum atomic E-state index is 12.9. The maximum Gasteiger partial charge on any atom is 0.228 e. The van der Waals surface area contributed by atoms with E-state index in [9.17, 15) is 9.18 Å². The molecule has 0 heterocycles. The van der Waals surface area contributed by atoms with Gasteiger partial charge in [0.05, 0.1) is 5.92 Å². The van der Waals surface area contributed by atoms with Crippen LogP contribution in [0.3, 0.4) is 0 Å². The Morgan fingerprint density at radius 2 is 1.67 bits per heavy atom. The molecule has 1 fully saturated rings. The first-order valence-corrected chi connectivity index (χ1v) is 7.11. The van der Waals surface area contributed by atoms with Gasteiger partial charge in [-0.2, -0.15) is 0 Å². The highest BCUT2D eigenvalue weighted by Crippen LogP contribution is 2.64. The molecule has 1 amide bonds. The Bertz CT molecular complexity index is 649. The number of anilines is 1. The van der Waals surface area contributed by atoms with Gasteiger partial charge in [-0.15, -0.1) is 0 Å². The van der Waals surface area contributed by atoms with Crippen molar-refractivity contribution >= 4 is 11.6 Å². The summed E-state index contributed by atoms with van der Waals surface area (Å²) in [6.07, 6.45) is 0. The van der Waals surface area contributed by atoms with E-state index < -0.39 is 0 Å². The summed E-state index contributed by atoms with van der Waals surface area (Å²) in [5, 5.41) is 2.88. The molecule has 2 aromatic rings. The molecule has 0 spiro atoms. The van der Waals surface area contributed by atoms with Crippen LogP contribution in [-0.2, 0) is 4.79 Å². The molecule has 2 aromatic carbocycles. The molecule has 0 saturated heterocycles. The number of benzene rings is 2. The first kappa shape index (κ1) is 13.8. The molecule has 0 bridgehead atoms. The van der Waals surface area contributed by atoms with Crippen molar-refractivity contribution in [3.8, 4) is 0 Å². The lowest BCUT2D eigenvalue weighted by Gasteiger charge is -2.05. The second kappa shape index (κ2) is 4.99. The second-order valence-corrected chi connectivity index (χ2v) is 6.18. The molecule has 0 aliphatic heterocycles. The lowest BCUT2D eigenvalue weighted by Crippen LogP contribution is -2.16. The van der Waals surface area contributed by atoms with Gasteiger partial charge in [0, 0.05) is 11.6 Å². The van der Waals surface area contributed by atoms with Gasteiger partial charge in [-0.3, -0.25) is 4.79 Å². The van der Waals surface area contributed by atoms with Crippen molar-refractivity contribution in [2.45, 2.75) is 19.8 Å². The Labute approximate surface area is 124 Å². The van der Waals surface area contributed by atoms with Crippen molar-refractivity contribution in [3.63, 3.8) is 0 Å². The minimum Gasteiger partial charge on any atom is -0.326 e. The molecule has 1 aliphatic carbocycles. The minimum absolute atomic E-state index is 0.000427. The van der Waals surface area contributed by atoms with Gasteiger partial charge in [0.15, 0.2) is 0 Å². The molecule has 3 heteroatoms. The summed E-state index contributed by atoms with van der Waals surface area (Å²) in [6.45, 7) is 4.22. The van der Waals surface area contributed by atoms with Gasteiger partial charge in [-0.1, -0.05) is 44.2 Å². The molecule has 0 radical (unpaired) electrons. The average Bonchev–Trinajstić information content (AvgIpc) is 3.05. The number of halogens is 1. The molecule has 1 N–H and O–H groups in total. The zero-order valence-corrected chi connectivity index (χ0v) is 12.1. The molecule has 2 nitrogen and oxygen atoms in total. The summed E-state index contributed by atoms with van der Waals surface area (Å²) in [5.74, 6) is -0.119. The van der Waals surface area contributed by atoms with Crippen molar-refractivity contribution in [2.75, 3.05) is 5.32 Å². The standard InChI is InChI=1S/C18H18FNO/c1-18(2)15(12-6-4-3-5-7-12)16(18)17(21)20-14-10-8-13(19)9-11-14/h3-11,15-16H,1-2H3,(H,20,21). The third-order valence-electron chi connectivity index (χ3n) is 4.38. The highest BCUT2D eigenvalue weighted by Gasteiger charge is 2.62. The fourth-order valence-corrected chi connectivity index (χ4v) is 3.16. The largest absolute Gasteiger partial charge is 0.326 e. The molecule has 1 aliphatic rings. The van der Waals surface area contributed by atoms with Crippen LogP contribution in [0.5, 0.6) is 0 Å². The number of carbonyl (C=O) groups excluding carboxylic acids is 1.